The minimum atomic E-state index is -0.440. The van der Waals surface area contributed by atoms with Gasteiger partial charge in [0.15, 0.2) is 0 Å². The number of imide groups is 1. The van der Waals surface area contributed by atoms with Crippen molar-refractivity contribution in [3.8, 4) is 0 Å². The average molecular weight is 213 g/mol. The molecule has 0 spiro atoms. The van der Waals surface area contributed by atoms with E-state index in [2.05, 4.69) is 22.5 Å². The van der Waals surface area contributed by atoms with Crippen molar-refractivity contribution in [2.45, 2.75) is 32.2 Å². The van der Waals surface area contributed by atoms with Crippen LogP contribution in [0.1, 0.15) is 26.2 Å². The molecule has 0 radical (unpaired) electrons. The topological polar surface area (TPSA) is 61.4 Å². The summed E-state index contributed by atoms with van der Waals surface area (Å²) in [5.74, 6) is -0.233. The van der Waals surface area contributed by atoms with Crippen LogP contribution in [0.3, 0.4) is 0 Å². The highest BCUT2D eigenvalue weighted by molar-refractivity contribution is 5.95. The highest BCUT2D eigenvalue weighted by Crippen LogP contribution is 2.15. The zero-order chi connectivity index (χ0) is 11.3. The van der Waals surface area contributed by atoms with Gasteiger partial charge in [-0.2, -0.15) is 0 Å². The van der Waals surface area contributed by atoms with Crippen molar-refractivity contribution in [2.75, 3.05) is 20.1 Å². The monoisotopic (exact) mass is 213 g/mol. The van der Waals surface area contributed by atoms with Gasteiger partial charge in [0.2, 0.25) is 5.91 Å². The number of nitrogens with one attached hydrogen (secondary N) is 2. The summed E-state index contributed by atoms with van der Waals surface area (Å²) in [6, 6.07) is -0.00106. The highest BCUT2D eigenvalue weighted by atomic mass is 16.2. The van der Waals surface area contributed by atoms with Gasteiger partial charge in [-0.1, -0.05) is 6.42 Å². The highest BCUT2D eigenvalue weighted by Gasteiger charge is 2.20. The SMILES string of the molecule is CNC(=O)NC(=O)CN1CCCC[C@@H]1C. The van der Waals surface area contributed by atoms with E-state index < -0.39 is 6.03 Å². The number of carbonyl (C=O) groups excluding carboxylic acids is 2. The number of hydrogen-bond donors (Lipinski definition) is 2. The molecule has 1 rings (SSSR count). The molecule has 86 valence electrons. The van der Waals surface area contributed by atoms with Gasteiger partial charge < -0.3 is 5.32 Å². The summed E-state index contributed by atoms with van der Waals surface area (Å²) >= 11 is 0. The van der Waals surface area contributed by atoms with E-state index in [4.69, 9.17) is 0 Å². The molecule has 0 bridgehead atoms. The molecule has 0 aromatic rings. The Bertz CT molecular complexity index is 243. The van der Waals surface area contributed by atoms with E-state index in [0.717, 1.165) is 19.4 Å². The number of urea groups is 1. The predicted molar refractivity (Wildman–Crippen MR) is 57.5 cm³/mol. The third-order valence-electron chi connectivity index (χ3n) is 2.77. The molecular weight excluding hydrogens is 194 g/mol. The summed E-state index contributed by atoms with van der Waals surface area (Å²) in [5.41, 5.74) is 0. The van der Waals surface area contributed by atoms with Gasteiger partial charge in [-0.15, -0.1) is 0 Å². The lowest BCUT2D eigenvalue weighted by atomic mass is 10.0. The van der Waals surface area contributed by atoms with E-state index in [9.17, 15) is 9.59 Å². The summed E-state index contributed by atoms with van der Waals surface area (Å²) < 4.78 is 0. The van der Waals surface area contributed by atoms with E-state index in [-0.39, 0.29) is 5.91 Å². The molecule has 1 aliphatic rings. The molecule has 0 saturated carbocycles. The van der Waals surface area contributed by atoms with Crippen molar-refractivity contribution in [3.05, 3.63) is 0 Å². The smallest absolute Gasteiger partial charge is 0.321 e. The van der Waals surface area contributed by atoms with Crippen LogP contribution in [0.2, 0.25) is 0 Å². The summed E-state index contributed by atoms with van der Waals surface area (Å²) in [5, 5.41) is 4.62. The first kappa shape index (κ1) is 12.0. The number of amides is 3. The molecular formula is C10H19N3O2. The molecule has 2 N–H and O–H groups in total. The van der Waals surface area contributed by atoms with Crippen LogP contribution in [0.15, 0.2) is 0 Å². The number of nitrogens with zero attached hydrogens (tertiary/aromatic N) is 1. The van der Waals surface area contributed by atoms with Gasteiger partial charge in [-0.3, -0.25) is 15.0 Å². The maximum absolute atomic E-state index is 11.4. The summed E-state index contributed by atoms with van der Waals surface area (Å²) in [7, 11) is 1.49. The maximum Gasteiger partial charge on any atom is 0.321 e. The van der Waals surface area contributed by atoms with Crippen molar-refractivity contribution in [3.63, 3.8) is 0 Å². The molecule has 1 aliphatic heterocycles. The van der Waals surface area contributed by atoms with Crippen LogP contribution < -0.4 is 10.6 Å². The van der Waals surface area contributed by atoms with E-state index >= 15 is 0 Å². The fourth-order valence-corrected chi connectivity index (χ4v) is 1.81. The van der Waals surface area contributed by atoms with Gasteiger partial charge in [0, 0.05) is 13.1 Å². The van der Waals surface area contributed by atoms with Crippen LogP contribution in [0.5, 0.6) is 0 Å². The molecule has 1 heterocycles. The largest absolute Gasteiger partial charge is 0.341 e. The molecule has 0 aliphatic carbocycles. The first-order valence-corrected chi connectivity index (χ1v) is 5.39. The Morgan fingerprint density at radius 3 is 2.73 bits per heavy atom. The zero-order valence-corrected chi connectivity index (χ0v) is 9.38. The third-order valence-corrected chi connectivity index (χ3v) is 2.77. The van der Waals surface area contributed by atoms with Crippen LogP contribution in [0, 0.1) is 0 Å². The molecule has 1 saturated heterocycles. The lowest BCUT2D eigenvalue weighted by Crippen LogP contribution is -2.47. The second-order valence-corrected chi connectivity index (χ2v) is 3.94. The van der Waals surface area contributed by atoms with Gasteiger partial charge in [0.05, 0.1) is 6.54 Å². The third kappa shape index (κ3) is 3.87. The first-order chi connectivity index (χ1) is 7.13. The van der Waals surface area contributed by atoms with Crippen molar-refractivity contribution < 1.29 is 9.59 Å². The summed E-state index contributed by atoms with van der Waals surface area (Å²) in [4.78, 5) is 24.4. The van der Waals surface area contributed by atoms with Crippen molar-refractivity contribution >= 4 is 11.9 Å². The van der Waals surface area contributed by atoms with E-state index in [1.807, 2.05) is 0 Å². The zero-order valence-electron chi connectivity index (χ0n) is 9.38. The number of carbonyl (C=O) groups is 2. The van der Waals surface area contributed by atoms with Gasteiger partial charge in [-0.25, -0.2) is 4.79 Å². The fourth-order valence-electron chi connectivity index (χ4n) is 1.81. The lowest BCUT2D eigenvalue weighted by molar-refractivity contribution is -0.121. The van der Waals surface area contributed by atoms with Gasteiger partial charge >= 0.3 is 6.03 Å². The van der Waals surface area contributed by atoms with Crippen LogP contribution in [-0.2, 0) is 4.79 Å². The Morgan fingerprint density at radius 1 is 1.40 bits per heavy atom. The standard InChI is InChI=1S/C10H19N3O2/c1-8-5-3-4-6-13(8)7-9(14)12-10(15)11-2/h8H,3-7H2,1-2H3,(H2,11,12,14,15)/t8-/m0/s1. The molecule has 1 fully saturated rings. The van der Waals surface area contributed by atoms with E-state index in [1.54, 1.807) is 0 Å². The second kappa shape index (κ2) is 5.70. The minimum absolute atomic E-state index is 0.233. The Balaban J connectivity index is 2.33. The van der Waals surface area contributed by atoms with Gasteiger partial charge in [-0.05, 0) is 26.3 Å². The Kier molecular flexibility index (Phi) is 4.55. The van der Waals surface area contributed by atoms with E-state index in [0.29, 0.717) is 12.6 Å². The van der Waals surface area contributed by atoms with Gasteiger partial charge in [0.25, 0.3) is 0 Å². The van der Waals surface area contributed by atoms with Crippen molar-refractivity contribution in [1.29, 1.82) is 0 Å². The van der Waals surface area contributed by atoms with Crippen LogP contribution >= 0.6 is 0 Å². The average Bonchev–Trinajstić information content (AvgIpc) is 2.21. The second-order valence-electron chi connectivity index (χ2n) is 3.94. The lowest BCUT2D eigenvalue weighted by Gasteiger charge is -2.32. The van der Waals surface area contributed by atoms with E-state index in [1.165, 1.54) is 13.5 Å². The Hall–Kier alpha value is -1.10. The molecule has 1 atom stereocenters. The predicted octanol–water partition coefficient (Wildman–Crippen LogP) is 0.316. The molecule has 0 unspecified atom stereocenters. The molecule has 3 amide bonds. The maximum atomic E-state index is 11.4. The fraction of sp³-hybridized carbons (Fsp3) is 0.800. The van der Waals surface area contributed by atoms with Crippen LogP contribution in [-0.4, -0.2) is 43.0 Å². The molecule has 15 heavy (non-hydrogen) atoms. The number of rotatable bonds is 2. The van der Waals surface area contributed by atoms with Gasteiger partial charge in [0.1, 0.15) is 0 Å². The quantitative estimate of drug-likeness (QED) is 0.694. The number of piperidine rings is 1. The van der Waals surface area contributed by atoms with Crippen LogP contribution in [0.25, 0.3) is 0 Å². The van der Waals surface area contributed by atoms with Crippen molar-refractivity contribution in [2.24, 2.45) is 0 Å². The Morgan fingerprint density at radius 2 is 2.13 bits per heavy atom. The summed E-state index contributed by atoms with van der Waals surface area (Å²) in [6.45, 7) is 3.38. The van der Waals surface area contributed by atoms with Crippen LogP contribution in [0.4, 0.5) is 4.79 Å². The minimum Gasteiger partial charge on any atom is -0.341 e. The number of hydrogen-bond acceptors (Lipinski definition) is 3. The molecule has 5 nitrogen and oxygen atoms in total. The summed E-state index contributed by atoms with van der Waals surface area (Å²) in [6.07, 6.45) is 3.50. The Labute approximate surface area is 90.2 Å². The number of likely N-dealkylation sites (tertiary alicyclic amines) is 1. The molecule has 0 aromatic heterocycles. The normalized spacial score (nSPS) is 22.1. The first-order valence-electron chi connectivity index (χ1n) is 5.39. The molecule has 0 aromatic carbocycles. The van der Waals surface area contributed by atoms with Crippen molar-refractivity contribution in [1.82, 2.24) is 15.5 Å². The molecule has 5 heteroatoms.